The van der Waals surface area contributed by atoms with Crippen LogP contribution < -0.4 is 9.47 Å². The minimum atomic E-state index is 0.246. The van der Waals surface area contributed by atoms with Gasteiger partial charge in [-0.2, -0.15) is 0 Å². The van der Waals surface area contributed by atoms with Gasteiger partial charge in [0.15, 0.2) is 0 Å². The highest BCUT2D eigenvalue weighted by Gasteiger charge is 2.15. The van der Waals surface area contributed by atoms with E-state index in [1.807, 2.05) is 158 Å². The predicted octanol–water partition coefficient (Wildman–Crippen LogP) is 16.4. The maximum atomic E-state index is 10.7. The first-order chi connectivity index (χ1) is 31.5. The monoisotopic (exact) mass is 826 g/mol. The highest BCUT2D eigenvalue weighted by atomic mass is 16.5. The highest BCUT2D eigenvalue weighted by Crippen LogP contribution is 2.42. The molecule has 64 heavy (non-hydrogen) atoms. The largest absolute Gasteiger partial charge is 0.507 e. The van der Waals surface area contributed by atoms with Gasteiger partial charge in [0.05, 0.1) is 0 Å². The van der Waals surface area contributed by atoms with Gasteiger partial charge in [-0.05, 0) is 128 Å². The zero-order valence-corrected chi connectivity index (χ0v) is 34.8. The summed E-state index contributed by atoms with van der Waals surface area (Å²) in [4.78, 5) is 0. The molecule has 0 radical (unpaired) electrons. The molecule has 0 saturated heterocycles. The van der Waals surface area contributed by atoms with E-state index < -0.39 is 0 Å². The summed E-state index contributed by atoms with van der Waals surface area (Å²) in [6.07, 6.45) is 0. The van der Waals surface area contributed by atoms with Crippen molar-refractivity contribution in [1.82, 2.24) is 0 Å². The van der Waals surface area contributed by atoms with Gasteiger partial charge in [0.1, 0.15) is 34.5 Å². The van der Waals surface area contributed by atoms with Gasteiger partial charge in [0.25, 0.3) is 0 Å². The third-order valence-electron chi connectivity index (χ3n) is 11.5. The van der Waals surface area contributed by atoms with Gasteiger partial charge in [-0.15, -0.1) is 0 Å². The number of aromatic hydroxyl groups is 2. The topological polar surface area (TPSA) is 58.9 Å². The van der Waals surface area contributed by atoms with E-state index >= 15 is 0 Å². The Morgan fingerprint density at radius 3 is 0.812 bits per heavy atom. The Balaban J connectivity index is 0.883. The molecule has 0 fully saturated rings. The van der Waals surface area contributed by atoms with E-state index in [-0.39, 0.29) is 11.5 Å². The second kappa shape index (κ2) is 17.8. The van der Waals surface area contributed by atoms with E-state index in [1.165, 1.54) is 0 Å². The van der Waals surface area contributed by atoms with Crippen LogP contribution >= 0.6 is 0 Å². The summed E-state index contributed by atoms with van der Waals surface area (Å²) in [5.41, 5.74) is 13.7. The quantitative estimate of drug-likeness (QED) is 0.136. The van der Waals surface area contributed by atoms with Crippen LogP contribution in [0, 0.1) is 0 Å². The molecular weight excluding hydrogens is 785 g/mol. The Morgan fingerprint density at radius 1 is 0.219 bits per heavy atom. The average molecular weight is 827 g/mol. The van der Waals surface area contributed by atoms with Crippen molar-refractivity contribution in [1.29, 1.82) is 0 Å². The summed E-state index contributed by atoms with van der Waals surface area (Å²) >= 11 is 0. The van der Waals surface area contributed by atoms with E-state index in [2.05, 4.69) is 72.8 Å². The van der Waals surface area contributed by atoms with Crippen LogP contribution in [0.15, 0.2) is 243 Å². The fourth-order valence-electron chi connectivity index (χ4n) is 8.10. The molecule has 0 aromatic heterocycles. The molecule has 10 aromatic carbocycles. The molecule has 0 atom stereocenters. The molecule has 0 aliphatic heterocycles. The van der Waals surface area contributed by atoms with Gasteiger partial charge in [-0.1, -0.05) is 170 Å². The zero-order chi connectivity index (χ0) is 43.2. The lowest BCUT2D eigenvalue weighted by molar-refractivity contribution is 0.477. The van der Waals surface area contributed by atoms with Crippen LogP contribution in [0.2, 0.25) is 0 Å². The van der Waals surface area contributed by atoms with Crippen LogP contribution in [0.1, 0.15) is 0 Å². The molecule has 0 saturated carbocycles. The smallest absolute Gasteiger partial charge is 0.135 e. The number of rotatable bonds is 11. The van der Waals surface area contributed by atoms with E-state index in [0.29, 0.717) is 0 Å². The van der Waals surface area contributed by atoms with Gasteiger partial charge >= 0.3 is 0 Å². The van der Waals surface area contributed by atoms with E-state index in [4.69, 9.17) is 9.47 Å². The molecule has 10 aromatic rings. The summed E-state index contributed by atoms with van der Waals surface area (Å²) in [5.74, 6) is 3.44. The first kappa shape index (κ1) is 39.5. The minimum Gasteiger partial charge on any atom is -0.507 e. The van der Waals surface area contributed by atoms with E-state index in [0.717, 1.165) is 101 Å². The Kier molecular flexibility index (Phi) is 11.0. The first-order valence-electron chi connectivity index (χ1n) is 21.3. The molecule has 306 valence electrons. The Morgan fingerprint density at radius 2 is 0.484 bits per heavy atom. The van der Waals surface area contributed by atoms with Crippen molar-refractivity contribution >= 4 is 0 Å². The number of benzene rings is 10. The van der Waals surface area contributed by atoms with Gasteiger partial charge in [0, 0.05) is 22.3 Å². The third-order valence-corrected chi connectivity index (χ3v) is 11.5. The summed E-state index contributed by atoms with van der Waals surface area (Å²) in [7, 11) is 0. The Bertz CT molecular complexity index is 2960. The molecule has 0 amide bonds. The fraction of sp³-hybridized carbons (Fsp3) is 0. The minimum absolute atomic E-state index is 0.246. The molecule has 0 aliphatic rings. The highest BCUT2D eigenvalue weighted by molar-refractivity contribution is 5.84. The standard InChI is InChI=1S/C60H42O4/c61-57-33-25-47(37-53(57)43-13-5-1-6-14-43)49-27-35-59(55(39-49)45-17-9-3-10-18-45)63-51-29-21-41(22-30-51)42-23-31-52(32-24-42)64-60-36-28-50(40-56(60)46-19-11-4-12-20-46)48-26-34-58(62)54(38-48)44-15-7-2-8-16-44/h1-40,61-62H. The predicted molar refractivity (Wildman–Crippen MR) is 261 cm³/mol. The van der Waals surface area contributed by atoms with Crippen LogP contribution in [-0.2, 0) is 0 Å². The van der Waals surface area contributed by atoms with Crippen molar-refractivity contribution in [3.05, 3.63) is 243 Å². The van der Waals surface area contributed by atoms with Crippen molar-refractivity contribution in [2.75, 3.05) is 0 Å². The molecule has 0 aliphatic carbocycles. The second-order valence-electron chi connectivity index (χ2n) is 15.6. The lowest BCUT2D eigenvalue weighted by Crippen LogP contribution is -1.91. The van der Waals surface area contributed by atoms with Crippen LogP contribution in [-0.4, -0.2) is 10.2 Å². The van der Waals surface area contributed by atoms with Gasteiger partial charge in [-0.3, -0.25) is 0 Å². The van der Waals surface area contributed by atoms with Crippen molar-refractivity contribution in [2.45, 2.75) is 0 Å². The lowest BCUT2D eigenvalue weighted by Gasteiger charge is -2.15. The normalized spacial score (nSPS) is 10.9. The Labute approximate surface area is 373 Å². The summed E-state index contributed by atoms with van der Waals surface area (Å²) in [6, 6.07) is 80.6. The first-order valence-corrected chi connectivity index (χ1v) is 21.3. The molecule has 0 spiro atoms. The second-order valence-corrected chi connectivity index (χ2v) is 15.6. The zero-order valence-electron chi connectivity index (χ0n) is 34.8. The molecule has 4 heteroatoms. The summed E-state index contributed by atoms with van der Waals surface area (Å²) in [6.45, 7) is 0. The Hall–Kier alpha value is -8.60. The van der Waals surface area contributed by atoms with Crippen molar-refractivity contribution in [3.8, 4) is 112 Å². The lowest BCUT2D eigenvalue weighted by atomic mass is 9.95. The van der Waals surface area contributed by atoms with Gasteiger partial charge in [0.2, 0.25) is 0 Å². The molecule has 2 N–H and O–H groups in total. The van der Waals surface area contributed by atoms with E-state index in [1.54, 1.807) is 12.1 Å². The summed E-state index contributed by atoms with van der Waals surface area (Å²) < 4.78 is 13.2. The van der Waals surface area contributed by atoms with Crippen LogP contribution in [0.25, 0.3) is 77.9 Å². The SMILES string of the molecule is Oc1ccc(-c2ccc(Oc3ccc(-c4ccc(Oc5ccc(-c6ccc(O)c(-c7ccccc7)c6)cc5-c5ccccc5)cc4)cc3)c(-c3ccccc3)c2)cc1-c1ccccc1. The number of ether oxygens (including phenoxy) is 2. The number of phenols is 2. The average Bonchev–Trinajstić information content (AvgIpc) is 3.36. The van der Waals surface area contributed by atoms with Gasteiger partial charge in [-0.25, -0.2) is 0 Å². The summed E-state index contributed by atoms with van der Waals surface area (Å²) in [5, 5.41) is 21.4. The molecular formula is C60H42O4. The van der Waals surface area contributed by atoms with Gasteiger partial charge < -0.3 is 19.7 Å². The maximum absolute atomic E-state index is 10.7. The maximum Gasteiger partial charge on any atom is 0.135 e. The molecule has 0 unspecified atom stereocenters. The number of hydrogen-bond acceptors (Lipinski definition) is 4. The van der Waals surface area contributed by atoms with Crippen LogP contribution in [0.5, 0.6) is 34.5 Å². The van der Waals surface area contributed by atoms with Crippen molar-refractivity contribution in [3.63, 3.8) is 0 Å². The molecule has 4 nitrogen and oxygen atoms in total. The van der Waals surface area contributed by atoms with Crippen molar-refractivity contribution in [2.24, 2.45) is 0 Å². The third kappa shape index (κ3) is 8.49. The molecule has 0 heterocycles. The molecule has 10 rings (SSSR count). The number of phenolic OH excluding ortho intramolecular Hbond substituents is 2. The van der Waals surface area contributed by atoms with Crippen LogP contribution in [0.3, 0.4) is 0 Å². The van der Waals surface area contributed by atoms with Crippen LogP contribution in [0.4, 0.5) is 0 Å². The van der Waals surface area contributed by atoms with Crippen molar-refractivity contribution < 1.29 is 19.7 Å². The fourth-order valence-corrected chi connectivity index (χ4v) is 8.10. The number of hydrogen-bond donors (Lipinski definition) is 2. The molecule has 0 bridgehead atoms. The van der Waals surface area contributed by atoms with E-state index in [9.17, 15) is 10.2 Å².